The minimum Gasteiger partial charge on any atom is -0.490 e. The predicted octanol–water partition coefficient (Wildman–Crippen LogP) is 3.35. The smallest absolute Gasteiger partial charge is 0.220 e. The molecule has 0 spiro atoms. The van der Waals surface area contributed by atoms with Crippen molar-refractivity contribution < 1.29 is 19.0 Å². The third kappa shape index (κ3) is 8.20. The molecule has 0 aliphatic carbocycles. The van der Waals surface area contributed by atoms with E-state index in [1.54, 1.807) is 0 Å². The summed E-state index contributed by atoms with van der Waals surface area (Å²) in [6.45, 7) is 10.4. The molecule has 1 aromatic carbocycles. The average molecular weight is 337 g/mol. The molecule has 1 rings (SSSR count). The summed E-state index contributed by atoms with van der Waals surface area (Å²) in [4.78, 5) is 11.9. The number of carbonyl (C=O) groups is 1. The second kappa shape index (κ2) is 11.7. The first kappa shape index (κ1) is 20.3. The van der Waals surface area contributed by atoms with Crippen molar-refractivity contribution >= 4 is 5.91 Å². The largest absolute Gasteiger partial charge is 0.490 e. The van der Waals surface area contributed by atoms with Crippen LogP contribution in [0.15, 0.2) is 18.2 Å². The normalized spacial score (nSPS) is 10.7. The molecular formula is C19H31NO4. The molecule has 0 aromatic heterocycles. The fraction of sp³-hybridized carbons (Fsp3) is 0.632. The van der Waals surface area contributed by atoms with Gasteiger partial charge in [-0.2, -0.15) is 0 Å². The van der Waals surface area contributed by atoms with Gasteiger partial charge in [0.2, 0.25) is 5.91 Å². The highest BCUT2D eigenvalue weighted by Gasteiger charge is 2.08. The summed E-state index contributed by atoms with van der Waals surface area (Å²) in [5, 5.41) is 2.92. The third-order valence-corrected chi connectivity index (χ3v) is 3.34. The lowest BCUT2D eigenvalue weighted by atomic mass is 10.1. The van der Waals surface area contributed by atoms with E-state index in [0.29, 0.717) is 39.2 Å². The van der Waals surface area contributed by atoms with Gasteiger partial charge in [0.25, 0.3) is 0 Å². The minimum atomic E-state index is 0.0615. The summed E-state index contributed by atoms with van der Waals surface area (Å²) in [5.74, 6) is 1.55. The zero-order valence-electron chi connectivity index (χ0n) is 15.4. The Balaban J connectivity index is 2.37. The van der Waals surface area contributed by atoms with Gasteiger partial charge in [0.15, 0.2) is 11.5 Å². The third-order valence-electron chi connectivity index (χ3n) is 3.34. The molecule has 1 aromatic rings. The maximum absolute atomic E-state index is 11.9. The molecule has 0 fully saturated rings. The number of hydrogen-bond donors (Lipinski definition) is 1. The Kier molecular flexibility index (Phi) is 9.92. The van der Waals surface area contributed by atoms with Gasteiger partial charge in [-0.1, -0.05) is 6.07 Å². The highest BCUT2D eigenvalue weighted by molar-refractivity contribution is 5.76. The molecule has 0 saturated heterocycles. The van der Waals surface area contributed by atoms with E-state index in [1.165, 1.54) is 0 Å². The maximum atomic E-state index is 11.9. The number of nitrogens with one attached hydrogen (secondary N) is 1. The zero-order chi connectivity index (χ0) is 17.8. The van der Waals surface area contributed by atoms with Crippen LogP contribution in [-0.2, 0) is 16.0 Å². The van der Waals surface area contributed by atoms with E-state index < -0.39 is 0 Å². The highest BCUT2D eigenvalue weighted by atomic mass is 16.5. The molecule has 0 bridgehead atoms. The van der Waals surface area contributed by atoms with E-state index in [4.69, 9.17) is 14.2 Å². The van der Waals surface area contributed by atoms with Crippen molar-refractivity contribution in [3.8, 4) is 11.5 Å². The van der Waals surface area contributed by atoms with Crippen LogP contribution >= 0.6 is 0 Å². The molecule has 1 amide bonds. The van der Waals surface area contributed by atoms with Gasteiger partial charge < -0.3 is 19.5 Å². The van der Waals surface area contributed by atoms with Crippen LogP contribution < -0.4 is 14.8 Å². The molecule has 0 atom stereocenters. The Labute approximate surface area is 145 Å². The van der Waals surface area contributed by atoms with E-state index in [1.807, 2.05) is 45.9 Å². The molecule has 0 saturated carbocycles. The summed E-state index contributed by atoms with van der Waals surface area (Å²) in [6, 6.07) is 5.85. The monoisotopic (exact) mass is 337 g/mol. The molecule has 0 aliphatic rings. The molecule has 1 N–H and O–H groups in total. The fourth-order valence-corrected chi connectivity index (χ4v) is 2.22. The summed E-state index contributed by atoms with van der Waals surface area (Å²) < 4.78 is 16.6. The van der Waals surface area contributed by atoms with Crippen molar-refractivity contribution in [2.45, 2.75) is 53.1 Å². The Hall–Kier alpha value is -1.75. The quantitative estimate of drug-likeness (QED) is 0.594. The second-order valence-electron chi connectivity index (χ2n) is 5.77. The molecule has 0 unspecified atom stereocenters. The fourth-order valence-electron chi connectivity index (χ4n) is 2.22. The molecule has 0 heterocycles. The lowest BCUT2D eigenvalue weighted by Gasteiger charge is -2.12. The van der Waals surface area contributed by atoms with Crippen LogP contribution in [0.2, 0.25) is 0 Å². The Morgan fingerprint density at radius 1 is 1.12 bits per heavy atom. The van der Waals surface area contributed by atoms with Crippen molar-refractivity contribution in [2.24, 2.45) is 0 Å². The molecule has 5 nitrogen and oxygen atoms in total. The standard InChI is InChI=1S/C19H31NO4/c1-5-22-17-10-8-16(14-18(17)23-6-2)9-11-19(21)20-12-7-13-24-15(3)4/h8,10,14-15H,5-7,9,11-13H2,1-4H3,(H,20,21). The molecule has 0 aliphatic heterocycles. The van der Waals surface area contributed by atoms with Gasteiger partial charge in [-0.3, -0.25) is 4.79 Å². The van der Waals surface area contributed by atoms with E-state index >= 15 is 0 Å². The van der Waals surface area contributed by atoms with Gasteiger partial charge in [-0.25, -0.2) is 0 Å². The highest BCUT2D eigenvalue weighted by Crippen LogP contribution is 2.28. The summed E-state index contributed by atoms with van der Waals surface area (Å²) in [5.41, 5.74) is 1.07. The molecule has 24 heavy (non-hydrogen) atoms. The van der Waals surface area contributed by atoms with Crippen LogP contribution in [0.25, 0.3) is 0 Å². The van der Waals surface area contributed by atoms with Gasteiger partial charge in [0, 0.05) is 19.6 Å². The van der Waals surface area contributed by atoms with Crippen LogP contribution in [-0.4, -0.2) is 38.4 Å². The number of amides is 1. The molecule has 0 radical (unpaired) electrons. The number of benzene rings is 1. The number of rotatable bonds is 12. The molecule has 5 heteroatoms. The van der Waals surface area contributed by atoms with E-state index in [9.17, 15) is 4.79 Å². The Morgan fingerprint density at radius 2 is 1.83 bits per heavy atom. The Morgan fingerprint density at radius 3 is 2.50 bits per heavy atom. The van der Waals surface area contributed by atoms with Gasteiger partial charge in [0.05, 0.1) is 19.3 Å². The van der Waals surface area contributed by atoms with Crippen molar-refractivity contribution in [1.82, 2.24) is 5.32 Å². The summed E-state index contributed by atoms with van der Waals surface area (Å²) in [6.07, 6.45) is 2.22. The van der Waals surface area contributed by atoms with Crippen LogP contribution in [0.1, 0.15) is 46.1 Å². The SMILES string of the molecule is CCOc1ccc(CCC(=O)NCCCOC(C)C)cc1OCC. The van der Waals surface area contributed by atoms with Gasteiger partial charge in [-0.05, 0) is 58.2 Å². The van der Waals surface area contributed by atoms with Gasteiger partial charge in [0.1, 0.15) is 0 Å². The summed E-state index contributed by atoms with van der Waals surface area (Å²) >= 11 is 0. The first-order chi connectivity index (χ1) is 11.6. The zero-order valence-corrected chi connectivity index (χ0v) is 15.4. The topological polar surface area (TPSA) is 56.8 Å². The average Bonchev–Trinajstić information content (AvgIpc) is 2.55. The first-order valence-corrected chi connectivity index (χ1v) is 8.83. The number of aryl methyl sites for hydroxylation is 1. The number of hydrogen-bond acceptors (Lipinski definition) is 4. The van der Waals surface area contributed by atoms with E-state index in [-0.39, 0.29) is 12.0 Å². The van der Waals surface area contributed by atoms with Crippen LogP contribution in [0.4, 0.5) is 0 Å². The van der Waals surface area contributed by atoms with Crippen LogP contribution in [0.3, 0.4) is 0 Å². The first-order valence-electron chi connectivity index (χ1n) is 8.83. The number of carbonyl (C=O) groups excluding carboxylic acids is 1. The van der Waals surface area contributed by atoms with Crippen molar-refractivity contribution in [2.75, 3.05) is 26.4 Å². The van der Waals surface area contributed by atoms with E-state index in [0.717, 1.165) is 23.5 Å². The second-order valence-corrected chi connectivity index (χ2v) is 5.77. The van der Waals surface area contributed by atoms with Crippen molar-refractivity contribution in [1.29, 1.82) is 0 Å². The maximum Gasteiger partial charge on any atom is 0.220 e. The van der Waals surface area contributed by atoms with Crippen molar-refractivity contribution in [3.05, 3.63) is 23.8 Å². The lowest BCUT2D eigenvalue weighted by molar-refractivity contribution is -0.121. The molecular weight excluding hydrogens is 306 g/mol. The molecule has 136 valence electrons. The van der Waals surface area contributed by atoms with Crippen LogP contribution in [0.5, 0.6) is 11.5 Å². The van der Waals surface area contributed by atoms with Crippen LogP contribution in [0, 0.1) is 0 Å². The van der Waals surface area contributed by atoms with Gasteiger partial charge >= 0.3 is 0 Å². The lowest BCUT2D eigenvalue weighted by Crippen LogP contribution is -2.25. The number of ether oxygens (including phenoxy) is 3. The minimum absolute atomic E-state index is 0.0615. The van der Waals surface area contributed by atoms with Crippen molar-refractivity contribution in [3.63, 3.8) is 0 Å². The summed E-state index contributed by atoms with van der Waals surface area (Å²) in [7, 11) is 0. The Bertz CT molecular complexity index is 488. The predicted molar refractivity (Wildman–Crippen MR) is 95.8 cm³/mol. The van der Waals surface area contributed by atoms with E-state index in [2.05, 4.69) is 5.32 Å². The van der Waals surface area contributed by atoms with Gasteiger partial charge in [-0.15, -0.1) is 0 Å².